The average molecular weight is 367 g/mol. The van der Waals surface area contributed by atoms with Crippen molar-refractivity contribution in [2.75, 3.05) is 37.0 Å². The number of nitrogens with zero attached hydrogens (tertiary/aromatic N) is 1. The molecular weight excluding hydrogens is 346 g/mol. The highest BCUT2D eigenvalue weighted by atomic mass is 16.5. The number of nitrogens with one attached hydrogen (secondary N) is 2. The molecule has 0 bridgehead atoms. The molecule has 3 amide bonds. The maximum Gasteiger partial charge on any atom is 0.321 e. The van der Waals surface area contributed by atoms with Crippen LogP contribution in [0.1, 0.15) is 10.4 Å². The number of benzene rings is 2. The van der Waals surface area contributed by atoms with Crippen LogP contribution in [0.15, 0.2) is 55.1 Å². The highest BCUT2D eigenvalue weighted by Gasteiger charge is 2.20. The zero-order chi connectivity index (χ0) is 19.2. The molecule has 2 aromatic rings. The fraction of sp³-hybridized carbons (Fsp3) is 0.200. The van der Waals surface area contributed by atoms with Gasteiger partial charge in [0.05, 0.1) is 7.11 Å². The Hall–Kier alpha value is -3.48. The Morgan fingerprint density at radius 3 is 2.67 bits per heavy atom. The van der Waals surface area contributed by atoms with Crippen molar-refractivity contribution in [1.29, 1.82) is 0 Å². The molecule has 3 rings (SSSR count). The lowest BCUT2D eigenvalue weighted by atomic mass is 10.1. The molecule has 1 aliphatic heterocycles. The molecule has 2 N–H and O–H groups in total. The van der Waals surface area contributed by atoms with Crippen LogP contribution in [0, 0.1) is 0 Å². The smallest absolute Gasteiger partial charge is 0.321 e. The van der Waals surface area contributed by atoms with Crippen molar-refractivity contribution in [3.63, 3.8) is 0 Å². The summed E-state index contributed by atoms with van der Waals surface area (Å²) < 4.78 is 10.8. The summed E-state index contributed by atoms with van der Waals surface area (Å²) in [6.07, 6.45) is 1.63. The molecule has 140 valence electrons. The van der Waals surface area contributed by atoms with E-state index in [1.807, 2.05) is 0 Å². The van der Waals surface area contributed by atoms with Crippen LogP contribution >= 0.6 is 0 Å². The highest BCUT2D eigenvalue weighted by molar-refractivity contribution is 6.05. The number of hydrogen-bond acceptors (Lipinski definition) is 4. The molecule has 27 heavy (non-hydrogen) atoms. The predicted octanol–water partition coefficient (Wildman–Crippen LogP) is 3.04. The molecule has 0 spiro atoms. The minimum Gasteiger partial charge on any atom is -0.493 e. The van der Waals surface area contributed by atoms with Gasteiger partial charge in [-0.1, -0.05) is 12.7 Å². The molecule has 0 saturated carbocycles. The van der Waals surface area contributed by atoms with E-state index < -0.39 is 0 Å². The van der Waals surface area contributed by atoms with Crippen LogP contribution in [0.3, 0.4) is 0 Å². The number of carbonyl (C=O) groups excluding carboxylic acids is 2. The predicted molar refractivity (Wildman–Crippen MR) is 104 cm³/mol. The van der Waals surface area contributed by atoms with Gasteiger partial charge in [0.15, 0.2) is 11.5 Å². The Bertz CT molecular complexity index is 849. The average Bonchev–Trinajstić information content (AvgIpc) is 3.12. The first-order valence-electron chi connectivity index (χ1n) is 8.51. The summed E-state index contributed by atoms with van der Waals surface area (Å²) in [5.74, 6) is 0.748. The van der Waals surface area contributed by atoms with Gasteiger partial charge in [0.1, 0.15) is 6.61 Å². The molecule has 1 heterocycles. The van der Waals surface area contributed by atoms with Crippen LogP contribution in [-0.4, -0.2) is 38.7 Å². The van der Waals surface area contributed by atoms with Crippen LogP contribution in [0.25, 0.3) is 0 Å². The van der Waals surface area contributed by atoms with Crippen molar-refractivity contribution in [3.8, 4) is 11.5 Å². The van der Waals surface area contributed by atoms with Gasteiger partial charge < -0.3 is 20.1 Å². The zero-order valence-corrected chi connectivity index (χ0v) is 15.0. The summed E-state index contributed by atoms with van der Waals surface area (Å²) in [5, 5.41) is 5.58. The molecule has 7 nitrogen and oxygen atoms in total. The van der Waals surface area contributed by atoms with Crippen molar-refractivity contribution in [3.05, 3.63) is 60.7 Å². The van der Waals surface area contributed by atoms with Crippen molar-refractivity contribution in [2.45, 2.75) is 0 Å². The minimum atomic E-state index is -0.268. The molecule has 0 atom stereocenters. The molecule has 0 aliphatic carbocycles. The Kier molecular flexibility index (Phi) is 5.61. The van der Waals surface area contributed by atoms with Crippen LogP contribution in [0.4, 0.5) is 16.2 Å². The molecule has 0 unspecified atom stereocenters. The normalized spacial score (nSPS) is 13.1. The minimum absolute atomic E-state index is 0.113. The van der Waals surface area contributed by atoms with Crippen LogP contribution < -0.4 is 25.0 Å². The fourth-order valence-electron chi connectivity index (χ4n) is 2.72. The second-order valence-corrected chi connectivity index (χ2v) is 5.85. The summed E-state index contributed by atoms with van der Waals surface area (Å²) in [7, 11) is 1.52. The van der Waals surface area contributed by atoms with E-state index in [0.29, 0.717) is 42.4 Å². The topological polar surface area (TPSA) is 79.9 Å². The summed E-state index contributed by atoms with van der Waals surface area (Å²) >= 11 is 0. The zero-order valence-electron chi connectivity index (χ0n) is 15.0. The summed E-state index contributed by atoms with van der Waals surface area (Å²) in [4.78, 5) is 25.8. The van der Waals surface area contributed by atoms with E-state index in [1.165, 1.54) is 7.11 Å². The van der Waals surface area contributed by atoms with E-state index in [4.69, 9.17) is 9.47 Å². The van der Waals surface area contributed by atoms with Crippen molar-refractivity contribution in [2.24, 2.45) is 0 Å². The van der Waals surface area contributed by atoms with Gasteiger partial charge in [0.25, 0.3) is 5.91 Å². The molecule has 1 aliphatic rings. The van der Waals surface area contributed by atoms with Crippen LogP contribution in [0.2, 0.25) is 0 Å². The molecular formula is C20H21N3O4. The van der Waals surface area contributed by atoms with E-state index >= 15 is 0 Å². The number of hydrogen-bond donors (Lipinski definition) is 2. The number of methoxy groups -OCH3 is 1. The third-order valence-electron chi connectivity index (χ3n) is 4.08. The maximum absolute atomic E-state index is 12.5. The second-order valence-electron chi connectivity index (χ2n) is 5.85. The Labute approximate surface area is 157 Å². The van der Waals surface area contributed by atoms with Gasteiger partial charge in [-0.2, -0.15) is 0 Å². The third kappa shape index (κ3) is 4.20. The Balaban J connectivity index is 1.69. The molecule has 7 heteroatoms. The number of rotatable bonds is 7. The number of anilines is 2. The quantitative estimate of drug-likeness (QED) is 0.737. The SMILES string of the molecule is C=CCOc1ccc(C(=O)Nc2ccc(N3CCNC3=O)cc2)cc1OC. The molecule has 2 aromatic carbocycles. The monoisotopic (exact) mass is 367 g/mol. The fourth-order valence-corrected chi connectivity index (χ4v) is 2.72. The molecule has 0 radical (unpaired) electrons. The van der Waals surface area contributed by atoms with E-state index in [9.17, 15) is 9.59 Å². The van der Waals surface area contributed by atoms with Gasteiger partial charge in [-0.25, -0.2) is 4.79 Å². The van der Waals surface area contributed by atoms with Gasteiger partial charge >= 0.3 is 6.03 Å². The standard InChI is InChI=1S/C20H21N3O4/c1-3-12-27-17-9-4-14(13-18(17)26-2)19(24)22-15-5-7-16(8-6-15)23-11-10-21-20(23)25/h3-9,13H,1,10-12H2,2H3,(H,21,25)(H,22,24). The van der Waals surface area contributed by atoms with Gasteiger partial charge in [0.2, 0.25) is 0 Å². The summed E-state index contributed by atoms with van der Waals surface area (Å²) in [5.41, 5.74) is 1.86. The third-order valence-corrected chi connectivity index (χ3v) is 4.08. The van der Waals surface area contributed by atoms with E-state index in [1.54, 1.807) is 53.4 Å². The van der Waals surface area contributed by atoms with Gasteiger partial charge in [-0.3, -0.25) is 9.69 Å². The first-order chi connectivity index (χ1) is 13.1. The number of carbonyl (C=O) groups is 2. The number of ether oxygens (including phenoxy) is 2. The summed E-state index contributed by atoms with van der Waals surface area (Å²) in [6, 6.07) is 12.0. The first kappa shape index (κ1) is 18.3. The van der Waals surface area contributed by atoms with Crippen LogP contribution in [-0.2, 0) is 0 Å². The lowest BCUT2D eigenvalue weighted by Crippen LogP contribution is -2.27. The van der Waals surface area contributed by atoms with E-state index in [0.717, 1.165) is 5.69 Å². The van der Waals surface area contributed by atoms with Crippen molar-refractivity contribution < 1.29 is 19.1 Å². The highest BCUT2D eigenvalue weighted by Crippen LogP contribution is 2.28. The Morgan fingerprint density at radius 1 is 1.26 bits per heavy atom. The van der Waals surface area contributed by atoms with Gasteiger partial charge in [0, 0.05) is 30.0 Å². The van der Waals surface area contributed by atoms with Crippen LogP contribution in [0.5, 0.6) is 11.5 Å². The lowest BCUT2D eigenvalue weighted by molar-refractivity contribution is 0.102. The van der Waals surface area contributed by atoms with Crippen molar-refractivity contribution in [1.82, 2.24) is 5.32 Å². The molecule has 1 fully saturated rings. The number of urea groups is 1. The van der Waals surface area contributed by atoms with Gasteiger partial charge in [-0.15, -0.1) is 0 Å². The maximum atomic E-state index is 12.5. The van der Waals surface area contributed by atoms with E-state index in [-0.39, 0.29) is 11.9 Å². The second kappa shape index (κ2) is 8.27. The lowest BCUT2D eigenvalue weighted by Gasteiger charge is -2.15. The largest absolute Gasteiger partial charge is 0.493 e. The van der Waals surface area contributed by atoms with Crippen molar-refractivity contribution >= 4 is 23.3 Å². The van der Waals surface area contributed by atoms with E-state index in [2.05, 4.69) is 17.2 Å². The molecule has 1 saturated heterocycles. The first-order valence-corrected chi connectivity index (χ1v) is 8.51. The Morgan fingerprint density at radius 2 is 2.04 bits per heavy atom. The van der Waals surface area contributed by atoms with Gasteiger partial charge in [-0.05, 0) is 42.5 Å². The summed E-state index contributed by atoms with van der Waals surface area (Å²) in [6.45, 7) is 5.21. The number of amides is 3. The molecule has 0 aromatic heterocycles.